The highest BCUT2D eigenvalue weighted by Crippen LogP contribution is 2.32. The van der Waals surface area contributed by atoms with Crippen molar-refractivity contribution in [3.8, 4) is 0 Å². The molecule has 0 aromatic carbocycles. The molecule has 0 aromatic heterocycles. The van der Waals surface area contributed by atoms with Crippen LogP contribution in [0.3, 0.4) is 0 Å². The first-order valence-corrected chi connectivity index (χ1v) is 5.95. The molecule has 0 aromatic rings. The zero-order valence-electron chi connectivity index (χ0n) is 10.9. The summed E-state index contributed by atoms with van der Waals surface area (Å²) in [6.45, 7) is 21.4. The average Bonchev–Trinajstić information content (AvgIpc) is 2.37. The van der Waals surface area contributed by atoms with Gasteiger partial charge in [-0.2, -0.15) is 0 Å². The van der Waals surface area contributed by atoms with Crippen molar-refractivity contribution < 1.29 is 0 Å². The Balaban J connectivity index is 5.18. The maximum absolute atomic E-state index is 6.04. The summed E-state index contributed by atoms with van der Waals surface area (Å²) < 4.78 is 0. The van der Waals surface area contributed by atoms with E-state index < -0.39 is 0 Å². The van der Waals surface area contributed by atoms with Crippen molar-refractivity contribution in [1.82, 2.24) is 0 Å². The predicted octanol–water partition coefficient (Wildman–Crippen LogP) is 3.73. The highest BCUT2D eigenvalue weighted by atomic mass is 14.6. The third-order valence-electron chi connectivity index (χ3n) is 3.40. The van der Waals surface area contributed by atoms with Gasteiger partial charge < -0.3 is 5.73 Å². The molecule has 0 spiro atoms. The number of allylic oxidation sites excluding steroid dienone is 3. The lowest BCUT2D eigenvalue weighted by molar-refractivity contribution is 0.306. The second-order valence-corrected chi connectivity index (χ2v) is 4.35. The van der Waals surface area contributed by atoms with Gasteiger partial charge in [-0.05, 0) is 17.8 Å². The molecule has 0 amide bonds. The summed E-state index contributed by atoms with van der Waals surface area (Å²) in [5.74, 6) is 0.912. The monoisotopic (exact) mass is 231 g/mol. The van der Waals surface area contributed by atoms with E-state index in [1.165, 1.54) is 0 Å². The summed E-state index contributed by atoms with van der Waals surface area (Å²) in [6, 6.07) is -0.116. The van der Waals surface area contributed by atoms with Crippen LogP contribution in [0.2, 0.25) is 0 Å². The van der Waals surface area contributed by atoms with Crippen molar-refractivity contribution in [1.29, 1.82) is 0 Å². The van der Waals surface area contributed by atoms with E-state index in [2.05, 4.69) is 39.8 Å². The van der Waals surface area contributed by atoms with Gasteiger partial charge in [-0.25, -0.2) is 0 Å². The highest BCUT2D eigenvalue weighted by molar-refractivity contribution is 5.09. The Kier molecular flexibility index (Phi) is 7.24. The van der Waals surface area contributed by atoms with Crippen molar-refractivity contribution in [2.75, 3.05) is 0 Å². The van der Waals surface area contributed by atoms with Gasteiger partial charge in [0.05, 0.1) is 0 Å². The first-order valence-electron chi connectivity index (χ1n) is 5.95. The van der Waals surface area contributed by atoms with Crippen molar-refractivity contribution in [2.24, 2.45) is 29.4 Å². The molecule has 0 aliphatic heterocycles. The zero-order chi connectivity index (χ0) is 13.4. The maximum atomic E-state index is 6.04. The lowest BCUT2D eigenvalue weighted by atomic mass is 9.73. The molecule has 94 valence electrons. The average molecular weight is 231 g/mol. The minimum atomic E-state index is -0.116. The molecule has 0 aliphatic carbocycles. The van der Waals surface area contributed by atoms with Crippen LogP contribution in [-0.4, -0.2) is 6.04 Å². The third-order valence-corrected chi connectivity index (χ3v) is 3.40. The van der Waals surface area contributed by atoms with Gasteiger partial charge in [0, 0.05) is 12.0 Å². The second kappa shape index (κ2) is 7.86. The molecule has 0 aliphatic rings. The molecule has 5 atom stereocenters. The minimum Gasteiger partial charge on any atom is -0.324 e. The zero-order valence-corrected chi connectivity index (χ0v) is 10.9. The topological polar surface area (TPSA) is 26.0 Å². The summed E-state index contributed by atoms with van der Waals surface area (Å²) in [6.07, 6.45) is 9.45. The second-order valence-electron chi connectivity index (χ2n) is 4.35. The fraction of sp³-hybridized carbons (Fsp3) is 0.375. The van der Waals surface area contributed by atoms with Gasteiger partial charge in [0.2, 0.25) is 0 Å². The first kappa shape index (κ1) is 15.7. The van der Waals surface area contributed by atoms with Crippen LogP contribution in [0.5, 0.6) is 0 Å². The third kappa shape index (κ3) is 3.86. The fourth-order valence-electron chi connectivity index (χ4n) is 2.18. The molecule has 2 N–H and O–H groups in total. The Bertz CT molecular complexity index is 264. The van der Waals surface area contributed by atoms with Gasteiger partial charge in [-0.1, -0.05) is 37.3 Å². The highest BCUT2D eigenvalue weighted by Gasteiger charge is 2.28. The van der Waals surface area contributed by atoms with Crippen LogP contribution in [0.1, 0.15) is 6.92 Å². The SMILES string of the molecule is C=C[C@@H]([C@@H](C=C)[C@@H](C)C=C)[C@@H](C=C)[C@@H](N)C=C. The molecule has 0 saturated heterocycles. The van der Waals surface area contributed by atoms with Crippen LogP contribution >= 0.6 is 0 Å². The molecule has 0 unspecified atom stereocenters. The van der Waals surface area contributed by atoms with Crippen LogP contribution in [-0.2, 0) is 0 Å². The van der Waals surface area contributed by atoms with E-state index in [1.807, 2.05) is 24.3 Å². The Labute approximate surface area is 106 Å². The van der Waals surface area contributed by atoms with E-state index in [0.29, 0.717) is 5.92 Å². The van der Waals surface area contributed by atoms with Gasteiger partial charge in [0.1, 0.15) is 0 Å². The summed E-state index contributed by atoms with van der Waals surface area (Å²) >= 11 is 0. The largest absolute Gasteiger partial charge is 0.324 e. The van der Waals surface area contributed by atoms with Crippen molar-refractivity contribution in [2.45, 2.75) is 13.0 Å². The minimum absolute atomic E-state index is 0.116. The Morgan fingerprint density at radius 2 is 1.18 bits per heavy atom. The van der Waals surface area contributed by atoms with Crippen LogP contribution in [0.15, 0.2) is 63.3 Å². The predicted molar refractivity (Wildman–Crippen MR) is 78.6 cm³/mol. The van der Waals surface area contributed by atoms with Gasteiger partial charge >= 0.3 is 0 Å². The molecule has 17 heavy (non-hydrogen) atoms. The number of hydrogen-bond acceptors (Lipinski definition) is 1. The van der Waals surface area contributed by atoms with Crippen LogP contribution in [0.4, 0.5) is 0 Å². The Morgan fingerprint density at radius 3 is 1.47 bits per heavy atom. The Morgan fingerprint density at radius 1 is 0.706 bits per heavy atom. The fourth-order valence-corrected chi connectivity index (χ4v) is 2.18. The molecular weight excluding hydrogens is 206 g/mol. The van der Waals surface area contributed by atoms with Gasteiger partial charge in [0.25, 0.3) is 0 Å². The molecule has 0 rings (SSSR count). The first-order chi connectivity index (χ1) is 8.06. The number of rotatable bonds is 9. The van der Waals surface area contributed by atoms with E-state index in [1.54, 1.807) is 6.08 Å². The molecule has 0 saturated carbocycles. The molecule has 0 radical (unpaired) electrons. The number of hydrogen-bond donors (Lipinski definition) is 1. The maximum Gasteiger partial charge on any atom is 0.0290 e. The summed E-state index contributed by atoms with van der Waals surface area (Å²) in [5, 5.41) is 0. The van der Waals surface area contributed by atoms with Gasteiger partial charge in [-0.15, -0.1) is 32.9 Å². The molecule has 0 bridgehead atoms. The summed E-state index contributed by atoms with van der Waals surface area (Å²) in [4.78, 5) is 0. The van der Waals surface area contributed by atoms with E-state index in [0.717, 1.165) is 0 Å². The smallest absolute Gasteiger partial charge is 0.0290 e. The van der Waals surface area contributed by atoms with E-state index >= 15 is 0 Å². The summed E-state index contributed by atoms with van der Waals surface area (Å²) in [5.41, 5.74) is 6.04. The van der Waals surface area contributed by atoms with Crippen LogP contribution < -0.4 is 5.73 Å². The van der Waals surface area contributed by atoms with E-state index in [-0.39, 0.29) is 23.8 Å². The summed E-state index contributed by atoms with van der Waals surface area (Å²) in [7, 11) is 0. The molecule has 0 fully saturated rings. The van der Waals surface area contributed by atoms with Gasteiger partial charge in [-0.3, -0.25) is 0 Å². The number of nitrogens with two attached hydrogens (primary N) is 1. The van der Waals surface area contributed by atoms with Crippen molar-refractivity contribution >= 4 is 0 Å². The van der Waals surface area contributed by atoms with E-state index in [9.17, 15) is 0 Å². The molecule has 1 nitrogen and oxygen atoms in total. The molecule has 1 heteroatoms. The quantitative estimate of drug-likeness (QED) is 0.601. The van der Waals surface area contributed by atoms with Crippen LogP contribution in [0.25, 0.3) is 0 Å². The standard InChI is InChI=1S/C16H25N/c1-7-12(6)13(8-2)14(9-3)15(10-4)16(17)11-5/h7-16H,1-5,17H2,6H3/t12-,13-,14-,15+,16-/m0/s1. The van der Waals surface area contributed by atoms with E-state index in [4.69, 9.17) is 5.73 Å². The Hall–Kier alpha value is -1.34. The van der Waals surface area contributed by atoms with Gasteiger partial charge in [0.15, 0.2) is 0 Å². The molecular formula is C16H25N. The lowest BCUT2D eigenvalue weighted by Crippen LogP contribution is -2.35. The van der Waals surface area contributed by atoms with Crippen molar-refractivity contribution in [3.05, 3.63) is 63.3 Å². The normalized spacial score (nSPS) is 19.2. The van der Waals surface area contributed by atoms with Crippen LogP contribution in [0, 0.1) is 23.7 Å². The van der Waals surface area contributed by atoms with Crippen molar-refractivity contribution in [3.63, 3.8) is 0 Å². The lowest BCUT2D eigenvalue weighted by Gasteiger charge is -2.33. The molecule has 0 heterocycles.